The maximum absolute atomic E-state index is 6.20. The van der Waals surface area contributed by atoms with Gasteiger partial charge < -0.3 is 10.5 Å². The average Bonchev–Trinajstić information content (AvgIpc) is 2.42. The van der Waals surface area contributed by atoms with E-state index in [2.05, 4.69) is 0 Å². The lowest BCUT2D eigenvalue weighted by atomic mass is 10.0. The zero-order valence-corrected chi connectivity index (χ0v) is 11.9. The van der Waals surface area contributed by atoms with Crippen molar-refractivity contribution in [1.29, 1.82) is 0 Å². The van der Waals surface area contributed by atoms with E-state index in [4.69, 9.17) is 22.1 Å². The molecule has 0 bridgehead atoms. The van der Waals surface area contributed by atoms with Crippen LogP contribution in [-0.4, -0.2) is 6.10 Å². The molecular weight excluding hydrogens is 258 g/mol. The summed E-state index contributed by atoms with van der Waals surface area (Å²) in [7, 11) is 0. The van der Waals surface area contributed by atoms with Crippen molar-refractivity contribution >= 4 is 11.6 Å². The Labute approximate surface area is 119 Å². The second-order valence-electron chi connectivity index (χ2n) is 4.69. The highest BCUT2D eigenvalue weighted by molar-refractivity contribution is 6.32. The molecule has 100 valence electrons. The highest BCUT2D eigenvalue weighted by Crippen LogP contribution is 2.28. The van der Waals surface area contributed by atoms with Crippen LogP contribution in [0.25, 0.3) is 0 Å². The van der Waals surface area contributed by atoms with Gasteiger partial charge in [-0.2, -0.15) is 0 Å². The predicted molar refractivity (Wildman–Crippen MR) is 79.6 cm³/mol. The van der Waals surface area contributed by atoms with Gasteiger partial charge in [0.2, 0.25) is 0 Å². The molecule has 0 spiro atoms. The van der Waals surface area contributed by atoms with Gasteiger partial charge in [0.05, 0.1) is 11.1 Å². The van der Waals surface area contributed by atoms with Gasteiger partial charge in [-0.3, -0.25) is 0 Å². The van der Waals surface area contributed by atoms with Gasteiger partial charge in [-0.15, -0.1) is 0 Å². The zero-order valence-electron chi connectivity index (χ0n) is 11.1. The van der Waals surface area contributed by atoms with E-state index in [1.807, 2.05) is 62.4 Å². The summed E-state index contributed by atoms with van der Waals surface area (Å²) in [4.78, 5) is 0. The summed E-state index contributed by atoms with van der Waals surface area (Å²) in [5.74, 6) is 0.672. The van der Waals surface area contributed by atoms with E-state index in [9.17, 15) is 0 Å². The summed E-state index contributed by atoms with van der Waals surface area (Å²) in [6.45, 7) is 3.95. The average molecular weight is 276 g/mol. The summed E-state index contributed by atoms with van der Waals surface area (Å²) in [5.41, 5.74) is 8.36. The quantitative estimate of drug-likeness (QED) is 0.911. The lowest BCUT2D eigenvalue weighted by Gasteiger charge is -2.22. The summed E-state index contributed by atoms with van der Waals surface area (Å²) in [6, 6.07) is 15.5. The fourth-order valence-electron chi connectivity index (χ4n) is 1.92. The molecule has 2 atom stereocenters. The summed E-state index contributed by atoms with van der Waals surface area (Å²) in [6.07, 6.45) is -0.150. The van der Waals surface area contributed by atoms with Crippen molar-refractivity contribution in [3.05, 3.63) is 64.7 Å². The molecule has 0 aliphatic heterocycles. The molecule has 0 aromatic heterocycles. The molecule has 2 aromatic carbocycles. The molecule has 0 saturated heterocycles. The maximum Gasteiger partial charge on any atom is 0.138 e. The minimum Gasteiger partial charge on any atom is -0.487 e. The van der Waals surface area contributed by atoms with E-state index in [-0.39, 0.29) is 12.1 Å². The molecule has 2 rings (SSSR count). The minimum absolute atomic E-state index is 0.150. The first kappa shape index (κ1) is 13.9. The Morgan fingerprint density at radius 1 is 1.11 bits per heavy atom. The van der Waals surface area contributed by atoms with Crippen LogP contribution in [0.2, 0.25) is 5.02 Å². The summed E-state index contributed by atoms with van der Waals surface area (Å²) < 4.78 is 5.86. The highest BCUT2D eigenvalue weighted by atomic mass is 35.5. The van der Waals surface area contributed by atoms with Crippen LogP contribution in [0.15, 0.2) is 48.5 Å². The van der Waals surface area contributed by atoms with Crippen molar-refractivity contribution in [2.45, 2.75) is 26.0 Å². The van der Waals surface area contributed by atoms with Crippen LogP contribution < -0.4 is 10.5 Å². The van der Waals surface area contributed by atoms with Crippen molar-refractivity contribution in [3.8, 4) is 5.75 Å². The lowest BCUT2D eigenvalue weighted by Crippen LogP contribution is -2.28. The molecule has 2 nitrogen and oxygen atoms in total. The van der Waals surface area contributed by atoms with Gasteiger partial charge in [0.1, 0.15) is 11.9 Å². The van der Waals surface area contributed by atoms with Crippen molar-refractivity contribution in [2.75, 3.05) is 0 Å². The van der Waals surface area contributed by atoms with Crippen LogP contribution in [0, 0.1) is 6.92 Å². The number of ether oxygens (including phenoxy) is 1. The predicted octanol–water partition coefficient (Wildman–Crippen LogP) is 4.12. The maximum atomic E-state index is 6.20. The van der Waals surface area contributed by atoms with Crippen LogP contribution in [0.4, 0.5) is 0 Å². The molecule has 2 N–H and O–H groups in total. The van der Waals surface area contributed by atoms with E-state index in [1.165, 1.54) is 0 Å². The van der Waals surface area contributed by atoms with Gasteiger partial charge in [-0.05, 0) is 37.1 Å². The Morgan fingerprint density at radius 2 is 1.79 bits per heavy atom. The monoisotopic (exact) mass is 275 g/mol. The molecule has 2 aromatic rings. The van der Waals surface area contributed by atoms with Crippen molar-refractivity contribution in [3.63, 3.8) is 0 Å². The van der Waals surface area contributed by atoms with E-state index >= 15 is 0 Å². The van der Waals surface area contributed by atoms with E-state index in [0.29, 0.717) is 10.8 Å². The lowest BCUT2D eigenvalue weighted by molar-refractivity contribution is 0.190. The van der Waals surface area contributed by atoms with Gasteiger partial charge >= 0.3 is 0 Å². The van der Waals surface area contributed by atoms with Crippen LogP contribution in [0.3, 0.4) is 0 Å². The normalized spacial score (nSPS) is 13.9. The fourth-order valence-corrected chi connectivity index (χ4v) is 2.20. The third-order valence-electron chi connectivity index (χ3n) is 3.09. The number of hydrogen-bond donors (Lipinski definition) is 1. The minimum atomic E-state index is -0.182. The largest absolute Gasteiger partial charge is 0.487 e. The molecule has 0 fully saturated rings. The van der Waals surface area contributed by atoms with E-state index in [0.717, 1.165) is 11.1 Å². The molecule has 0 aliphatic rings. The van der Waals surface area contributed by atoms with E-state index < -0.39 is 0 Å². The number of benzene rings is 2. The number of aryl methyl sites for hydroxylation is 1. The molecule has 19 heavy (non-hydrogen) atoms. The molecule has 0 radical (unpaired) electrons. The van der Waals surface area contributed by atoms with Crippen molar-refractivity contribution < 1.29 is 4.74 Å². The molecular formula is C16H18ClNO. The second kappa shape index (κ2) is 6.09. The van der Waals surface area contributed by atoms with Crippen molar-refractivity contribution in [2.24, 2.45) is 5.73 Å². The third-order valence-corrected chi connectivity index (χ3v) is 3.39. The van der Waals surface area contributed by atoms with Crippen LogP contribution >= 0.6 is 11.6 Å². The van der Waals surface area contributed by atoms with Crippen LogP contribution in [-0.2, 0) is 0 Å². The van der Waals surface area contributed by atoms with Gasteiger partial charge in [-0.1, -0.05) is 48.0 Å². The van der Waals surface area contributed by atoms with Gasteiger partial charge in [0.25, 0.3) is 0 Å². The Bertz CT molecular complexity index is 542. The third kappa shape index (κ3) is 3.49. The first-order chi connectivity index (χ1) is 9.08. The van der Waals surface area contributed by atoms with Crippen LogP contribution in [0.1, 0.15) is 24.1 Å². The molecule has 2 unspecified atom stereocenters. The first-order valence-corrected chi connectivity index (χ1v) is 6.69. The highest BCUT2D eigenvalue weighted by Gasteiger charge is 2.17. The second-order valence-corrected chi connectivity index (χ2v) is 5.10. The number of hydrogen-bond acceptors (Lipinski definition) is 2. The van der Waals surface area contributed by atoms with Gasteiger partial charge in [-0.25, -0.2) is 0 Å². The van der Waals surface area contributed by atoms with Gasteiger partial charge in [0.15, 0.2) is 0 Å². The van der Waals surface area contributed by atoms with Crippen LogP contribution in [0.5, 0.6) is 5.75 Å². The number of rotatable bonds is 4. The number of halogens is 1. The Balaban J connectivity index is 2.10. The SMILES string of the molecule is Cc1ccc(OC(C)C(N)c2ccccc2)c(Cl)c1. The summed E-state index contributed by atoms with van der Waals surface area (Å²) in [5, 5.41) is 0.618. The molecule has 3 heteroatoms. The van der Waals surface area contributed by atoms with Crippen molar-refractivity contribution in [1.82, 2.24) is 0 Å². The molecule has 0 amide bonds. The fraction of sp³-hybridized carbons (Fsp3) is 0.250. The Kier molecular flexibility index (Phi) is 4.46. The summed E-state index contributed by atoms with van der Waals surface area (Å²) >= 11 is 6.16. The first-order valence-electron chi connectivity index (χ1n) is 6.31. The Morgan fingerprint density at radius 3 is 2.42 bits per heavy atom. The Hall–Kier alpha value is -1.51. The number of nitrogens with two attached hydrogens (primary N) is 1. The van der Waals surface area contributed by atoms with E-state index in [1.54, 1.807) is 0 Å². The molecule has 0 aliphatic carbocycles. The standard InChI is InChI=1S/C16H18ClNO/c1-11-8-9-15(14(17)10-11)19-12(2)16(18)13-6-4-3-5-7-13/h3-10,12,16H,18H2,1-2H3. The smallest absolute Gasteiger partial charge is 0.138 e. The zero-order chi connectivity index (χ0) is 13.8. The van der Waals surface area contributed by atoms with Gasteiger partial charge in [0, 0.05) is 0 Å². The molecule has 0 heterocycles. The molecule has 0 saturated carbocycles. The topological polar surface area (TPSA) is 35.2 Å².